The number of nitrogens with one attached hydrogen (secondary N) is 2. The molecule has 22 heavy (non-hydrogen) atoms. The van der Waals surface area contributed by atoms with E-state index in [9.17, 15) is 4.79 Å². The molecule has 0 bridgehead atoms. The van der Waals surface area contributed by atoms with E-state index in [2.05, 4.69) is 36.3 Å². The van der Waals surface area contributed by atoms with E-state index in [0.717, 1.165) is 22.2 Å². The molecule has 0 radical (unpaired) electrons. The topological polar surface area (TPSA) is 44.9 Å². The number of H-pyrrole nitrogens is 1. The highest BCUT2D eigenvalue weighted by Crippen LogP contribution is 2.22. The van der Waals surface area contributed by atoms with Crippen molar-refractivity contribution in [3.05, 3.63) is 70.4 Å². The SMILES string of the molecule is Cc1cccc(CNC(=O)c2ccc3[nH]c(C)c(C)c3c2)c1. The average Bonchev–Trinajstić information content (AvgIpc) is 2.79. The Morgan fingerprint density at radius 3 is 2.68 bits per heavy atom. The van der Waals surface area contributed by atoms with Gasteiger partial charge in [-0.3, -0.25) is 4.79 Å². The number of aryl methyl sites for hydroxylation is 3. The van der Waals surface area contributed by atoms with Gasteiger partial charge < -0.3 is 10.3 Å². The Balaban J connectivity index is 1.78. The summed E-state index contributed by atoms with van der Waals surface area (Å²) < 4.78 is 0. The fraction of sp³-hybridized carbons (Fsp3) is 0.211. The second-order valence-corrected chi connectivity index (χ2v) is 5.81. The van der Waals surface area contributed by atoms with Gasteiger partial charge in [0.05, 0.1) is 0 Å². The molecular weight excluding hydrogens is 272 g/mol. The molecule has 2 aromatic carbocycles. The number of hydrogen-bond acceptors (Lipinski definition) is 1. The minimum absolute atomic E-state index is 0.0401. The number of aromatic nitrogens is 1. The third-order valence-corrected chi connectivity index (χ3v) is 4.11. The molecule has 0 unspecified atom stereocenters. The number of hydrogen-bond donors (Lipinski definition) is 2. The second-order valence-electron chi connectivity index (χ2n) is 5.81. The molecule has 0 atom stereocenters. The molecule has 3 nitrogen and oxygen atoms in total. The normalized spacial score (nSPS) is 10.9. The summed E-state index contributed by atoms with van der Waals surface area (Å²) in [5.41, 5.74) is 6.43. The molecule has 0 aliphatic rings. The van der Waals surface area contributed by atoms with E-state index >= 15 is 0 Å². The smallest absolute Gasteiger partial charge is 0.251 e. The van der Waals surface area contributed by atoms with E-state index in [4.69, 9.17) is 0 Å². The molecule has 3 heteroatoms. The van der Waals surface area contributed by atoms with Crippen LogP contribution in [0.3, 0.4) is 0 Å². The van der Waals surface area contributed by atoms with Gasteiger partial charge in [-0.05, 0) is 50.1 Å². The van der Waals surface area contributed by atoms with Gasteiger partial charge >= 0.3 is 0 Å². The number of rotatable bonds is 3. The van der Waals surface area contributed by atoms with Crippen LogP contribution in [0.2, 0.25) is 0 Å². The Bertz CT molecular complexity index is 846. The Hall–Kier alpha value is -2.55. The van der Waals surface area contributed by atoms with Crippen LogP contribution in [-0.2, 0) is 6.54 Å². The summed E-state index contributed by atoms with van der Waals surface area (Å²) in [7, 11) is 0. The molecule has 0 aliphatic carbocycles. The number of aromatic amines is 1. The first-order valence-corrected chi connectivity index (χ1v) is 7.47. The molecule has 1 amide bonds. The second kappa shape index (κ2) is 5.68. The molecule has 0 aliphatic heterocycles. The summed E-state index contributed by atoms with van der Waals surface area (Å²) in [6.45, 7) is 6.72. The van der Waals surface area contributed by atoms with Crippen LogP contribution in [0.25, 0.3) is 10.9 Å². The minimum Gasteiger partial charge on any atom is -0.358 e. The highest BCUT2D eigenvalue weighted by atomic mass is 16.1. The van der Waals surface area contributed by atoms with Crippen molar-refractivity contribution in [3.8, 4) is 0 Å². The number of carbonyl (C=O) groups is 1. The predicted octanol–water partition coefficient (Wildman–Crippen LogP) is 4.02. The molecule has 0 fully saturated rings. The van der Waals surface area contributed by atoms with E-state index in [-0.39, 0.29) is 5.91 Å². The summed E-state index contributed by atoms with van der Waals surface area (Å²) in [6, 6.07) is 14.0. The first-order valence-electron chi connectivity index (χ1n) is 7.47. The van der Waals surface area contributed by atoms with Crippen molar-refractivity contribution in [1.82, 2.24) is 10.3 Å². The Morgan fingerprint density at radius 2 is 1.91 bits per heavy atom. The van der Waals surface area contributed by atoms with E-state index in [1.54, 1.807) is 0 Å². The maximum atomic E-state index is 12.3. The van der Waals surface area contributed by atoms with Gasteiger partial charge in [-0.25, -0.2) is 0 Å². The van der Waals surface area contributed by atoms with Gasteiger partial charge in [0.25, 0.3) is 5.91 Å². The molecule has 1 heterocycles. The van der Waals surface area contributed by atoms with Gasteiger partial charge in [-0.1, -0.05) is 29.8 Å². The molecule has 112 valence electrons. The fourth-order valence-electron chi connectivity index (χ4n) is 2.71. The quantitative estimate of drug-likeness (QED) is 0.752. The molecule has 2 N–H and O–H groups in total. The lowest BCUT2D eigenvalue weighted by molar-refractivity contribution is 0.0951. The molecule has 0 saturated heterocycles. The van der Waals surface area contributed by atoms with Crippen molar-refractivity contribution in [2.24, 2.45) is 0 Å². The standard InChI is InChI=1S/C19H20N2O/c1-12-5-4-6-15(9-12)11-20-19(22)16-7-8-18-17(10-16)13(2)14(3)21-18/h4-10,21H,11H2,1-3H3,(H,20,22). The van der Waals surface area contributed by atoms with Crippen LogP contribution in [0.15, 0.2) is 42.5 Å². The van der Waals surface area contributed by atoms with Gasteiger partial charge in [0.2, 0.25) is 0 Å². The molecule has 3 rings (SSSR count). The summed E-state index contributed by atoms with van der Waals surface area (Å²) in [5.74, 6) is -0.0401. The van der Waals surface area contributed by atoms with Crippen LogP contribution in [0.1, 0.15) is 32.7 Å². The summed E-state index contributed by atoms with van der Waals surface area (Å²) in [4.78, 5) is 15.7. The zero-order valence-electron chi connectivity index (χ0n) is 13.2. The molecule has 0 saturated carbocycles. The number of fused-ring (bicyclic) bond motifs is 1. The lowest BCUT2D eigenvalue weighted by Crippen LogP contribution is -2.22. The predicted molar refractivity (Wildman–Crippen MR) is 90.1 cm³/mol. The van der Waals surface area contributed by atoms with Crippen LogP contribution in [0.4, 0.5) is 0 Å². The Kier molecular flexibility index (Phi) is 3.72. The van der Waals surface area contributed by atoms with E-state index < -0.39 is 0 Å². The highest BCUT2D eigenvalue weighted by molar-refractivity contribution is 5.99. The summed E-state index contributed by atoms with van der Waals surface area (Å²) in [6.07, 6.45) is 0. The van der Waals surface area contributed by atoms with E-state index in [1.807, 2.05) is 37.3 Å². The first-order chi connectivity index (χ1) is 10.5. The molecule has 3 aromatic rings. The lowest BCUT2D eigenvalue weighted by Gasteiger charge is -2.06. The minimum atomic E-state index is -0.0401. The van der Waals surface area contributed by atoms with E-state index in [0.29, 0.717) is 12.1 Å². The van der Waals surface area contributed by atoms with Crippen molar-refractivity contribution >= 4 is 16.8 Å². The van der Waals surface area contributed by atoms with Crippen LogP contribution in [0, 0.1) is 20.8 Å². The van der Waals surface area contributed by atoms with Gasteiger partial charge in [-0.2, -0.15) is 0 Å². The van der Waals surface area contributed by atoms with Crippen molar-refractivity contribution in [2.45, 2.75) is 27.3 Å². The largest absolute Gasteiger partial charge is 0.358 e. The van der Waals surface area contributed by atoms with Gasteiger partial charge in [-0.15, -0.1) is 0 Å². The van der Waals surface area contributed by atoms with Crippen molar-refractivity contribution in [1.29, 1.82) is 0 Å². The Morgan fingerprint density at radius 1 is 1.09 bits per heavy atom. The maximum Gasteiger partial charge on any atom is 0.251 e. The van der Waals surface area contributed by atoms with Crippen molar-refractivity contribution in [3.63, 3.8) is 0 Å². The van der Waals surface area contributed by atoms with Crippen LogP contribution in [-0.4, -0.2) is 10.9 Å². The van der Waals surface area contributed by atoms with Crippen LogP contribution >= 0.6 is 0 Å². The lowest BCUT2D eigenvalue weighted by atomic mass is 10.1. The van der Waals surface area contributed by atoms with Crippen LogP contribution in [0.5, 0.6) is 0 Å². The number of amides is 1. The van der Waals surface area contributed by atoms with Gasteiger partial charge in [0, 0.05) is 28.7 Å². The molecule has 1 aromatic heterocycles. The monoisotopic (exact) mass is 292 g/mol. The van der Waals surface area contributed by atoms with Gasteiger partial charge in [0.15, 0.2) is 0 Å². The Labute approximate surface area is 130 Å². The molecule has 0 spiro atoms. The maximum absolute atomic E-state index is 12.3. The average molecular weight is 292 g/mol. The highest BCUT2D eigenvalue weighted by Gasteiger charge is 2.09. The number of carbonyl (C=O) groups excluding carboxylic acids is 1. The summed E-state index contributed by atoms with van der Waals surface area (Å²) in [5, 5.41) is 4.10. The third-order valence-electron chi connectivity index (χ3n) is 4.11. The van der Waals surface area contributed by atoms with Crippen LogP contribution < -0.4 is 5.32 Å². The first kappa shape index (κ1) is 14.4. The third kappa shape index (κ3) is 2.75. The van der Waals surface area contributed by atoms with Crippen molar-refractivity contribution in [2.75, 3.05) is 0 Å². The zero-order chi connectivity index (χ0) is 15.7. The van der Waals surface area contributed by atoms with Crippen molar-refractivity contribution < 1.29 is 4.79 Å². The zero-order valence-corrected chi connectivity index (χ0v) is 13.2. The van der Waals surface area contributed by atoms with E-state index in [1.165, 1.54) is 11.1 Å². The fourth-order valence-corrected chi connectivity index (χ4v) is 2.71. The van der Waals surface area contributed by atoms with Gasteiger partial charge in [0.1, 0.15) is 0 Å². The summed E-state index contributed by atoms with van der Waals surface area (Å²) >= 11 is 0. The number of benzene rings is 2. The molecular formula is C19H20N2O.